The summed E-state index contributed by atoms with van der Waals surface area (Å²) in [5.74, 6) is 0.417. The molecule has 0 bridgehead atoms. The molecule has 3 aromatic heterocycles. The molecule has 0 aromatic carbocycles. The van der Waals surface area contributed by atoms with Crippen molar-refractivity contribution in [3.05, 3.63) is 42.1 Å². The fraction of sp³-hybridized carbons (Fsp3) is 0.421. The maximum Gasteiger partial charge on any atom is 0.257 e. The van der Waals surface area contributed by atoms with E-state index in [0.29, 0.717) is 24.3 Å². The summed E-state index contributed by atoms with van der Waals surface area (Å²) in [6.07, 6.45) is 9.01. The van der Waals surface area contributed by atoms with E-state index in [0.717, 1.165) is 30.6 Å². The van der Waals surface area contributed by atoms with Crippen molar-refractivity contribution < 1.29 is 4.79 Å². The molecule has 1 fully saturated rings. The van der Waals surface area contributed by atoms with Crippen molar-refractivity contribution >= 4 is 11.9 Å². The van der Waals surface area contributed by atoms with E-state index < -0.39 is 0 Å². The lowest BCUT2D eigenvalue weighted by Gasteiger charge is -2.32. The molecule has 1 aliphatic heterocycles. The normalized spacial score (nSPS) is 17.1. The van der Waals surface area contributed by atoms with E-state index in [-0.39, 0.29) is 17.8 Å². The molecule has 4 rings (SSSR count). The predicted molar refractivity (Wildman–Crippen MR) is 104 cm³/mol. The van der Waals surface area contributed by atoms with Gasteiger partial charge in [0.05, 0.1) is 17.5 Å². The molecule has 4 heterocycles. The Balaban J connectivity index is 1.61. The first-order valence-electron chi connectivity index (χ1n) is 9.49. The maximum absolute atomic E-state index is 13.4. The van der Waals surface area contributed by atoms with Gasteiger partial charge in [0, 0.05) is 56.8 Å². The van der Waals surface area contributed by atoms with Gasteiger partial charge in [-0.25, -0.2) is 9.97 Å². The summed E-state index contributed by atoms with van der Waals surface area (Å²) in [5.41, 5.74) is 8.75. The topological polar surface area (TPSA) is 108 Å². The number of likely N-dealkylation sites (tertiary alicyclic amines) is 1. The van der Waals surface area contributed by atoms with E-state index in [1.807, 2.05) is 37.3 Å². The molecule has 1 atom stereocenters. The third-order valence-electron chi connectivity index (χ3n) is 5.12. The Morgan fingerprint density at radius 1 is 1.36 bits per heavy atom. The summed E-state index contributed by atoms with van der Waals surface area (Å²) in [4.78, 5) is 23.6. The zero-order valence-electron chi connectivity index (χ0n) is 16.1. The van der Waals surface area contributed by atoms with Crippen LogP contribution in [0.2, 0.25) is 0 Å². The van der Waals surface area contributed by atoms with Gasteiger partial charge in [-0.3, -0.25) is 14.2 Å². The lowest BCUT2D eigenvalue weighted by atomic mass is 9.94. The summed E-state index contributed by atoms with van der Waals surface area (Å²) >= 11 is 0. The zero-order chi connectivity index (χ0) is 19.7. The lowest BCUT2D eigenvalue weighted by Crippen LogP contribution is -2.39. The van der Waals surface area contributed by atoms with Crippen LogP contribution in [0.3, 0.4) is 0 Å². The van der Waals surface area contributed by atoms with Gasteiger partial charge < -0.3 is 10.6 Å². The number of rotatable bonds is 4. The molecule has 1 saturated heterocycles. The molecule has 1 aliphatic rings. The minimum Gasteiger partial charge on any atom is -0.368 e. The van der Waals surface area contributed by atoms with Crippen LogP contribution in [0.15, 0.2) is 30.9 Å². The summed E-state index contributed by atoms with van der Waals surface area (Å²) in [6.45, 7) is 4.03. The van der Waals surface area contributed by atoms with Crippen LogP contribution < -0.4 is 5.73 Å². The highest BCUT2D eigenvalue weighted by Gasteiger charge is 2.29. The number of hydrogen-bond acceptors (Lipinski definition) is 6. The number of carbonyl (C=O) groups is 1. The Kier molecular flexibility index (Phi) is 4.81. The molecule has 3 aromatic rings. The third-order valence-corrected chi connectivity index (χ3v) is 5.12. The SMILES string of the molecule is CCn1cc(C(=O)N2CCCC(c3ccnc(N)n3)C2)c(-c2cnn(C)c2)n1. The van der Waals surface area contributed by atoms with E-state index in [9.17, 15) is 4.79 Å². The van der Waals surface area contributed by atoms with Crippen molar-refractivity contribution in [3.63, 3.8) is 0 Å². The van der Waals surface area contributed by atoms with E-state index >= 15 is 0 Å². The summed E-state index contributed by atoms with van der Waals surface area (Å²) in [6, 6.07) is 1.88. The summed E-state index contributed by atoms with van der Waals surface area (Å²) in [5, 5.41) is 8.81. The summed E-state index contributed by atoms with van der Waals surface area (Å²) < 4.78 is 3.51. The molecule has 146 valence electrons. The molecule has 9 heteroatoms. The first kappa shape index (κ1) is 18.1. The number of nitrogens with two attached hydrogens (primary N) is 1. The van der Waals surface area contributed by atoms with Crippen LogP contribution in [0, 0.1) is 0 Å². The van der Waals surface area contributed by atoms with Gasteiger partial charge >= 0.3 is 0 Å². The molecule has 9 nitrogen and oxygen atoms in total. The molecule has 0 radical (unpaired) electrons. The minimum atomic E-state index is -0.00900. The number of aryl methyl sites for hydroxylation is 2. The Bertz CT molecular complexity index is 991. The van der Waals surface area contributed by atoms with E-state index in [1.165, 1.54) is 0 Å². The Morgan fingerprint density at radius 2 is 2.21 bits per heavy atom. The van der Waals surface area contributed by atoms with E-state index in [1.54, 1.807) is 21.8 Å². The molecule has 1 amide bonds. The molecule has 0 aliphatic carbocycles. The molecule has 0 saturated carbocycles. The molecular weight excluding hydrogens is 356 g/mol. The molecule has 1 unspecified atom stereocenters. The fourth-order valence-corrected chi connectivity index (χ4v) is 3.69. The van der Waals surface area contributed by atoms with Gasteiger partial charge in [-0.15, -0.1) is 0 Å². The van der Waals surface area contributed by atoms with Gasteiger partial charge in [-0.1, -0.05) is 0 Å². The van der Waals surface area contributed by atoms with Gasteiger partial charge in [0.25, 0.3) is 5.91 Å². The van der Waals surface area contributed by atoms with Gasteiger partial charge in [-0.2, -0.15) is 10.2 Å². The first-order chi connectivity index (χ1) is 13.5. The lowest BCUT2D eigenvalue weighted by molar-refractivity contribution is 0.0706. The Morgan fingerprint density at radius 3 is 2.93 bits per heavy atom. The number of carbonyl (C=O) groups excluding carboxylic acids is 1. The van der Waals surface area contributed by atoms with Crippen molar-refractivity contribution in [1.29, 1.82) is 0 Å². The predicted octanol–water partition coefficient (Wildman–Crippen LogP) is 1.70. The van der Waals surface area contributed by atoms with E-state index in [2.05, 4.69) is 20.2 Å². The van der Waals surface area contributed by atoms with Crippen molar-refractivity contribution in [2.24, 2.45) is 7.05 Å². The first-order valence-corrected chi connectivity index (χ1v) is 9.49. The number of aromatic nitrogens is 6. The second-order valence-corrected chi connectivity index (χ2v) is 7.08. The molecule has 0 spiro atoms. The average molecular weight is 380 g/mol. The van der Waals surface area contributed by atoms with Gasteiger partial charge in [0.1, 0.15) is 5.69 Å². The van der Waals surface area contributed by atoms with Crippen molar-refractivity contribution in [2.75, 3.05) is 18.8 Å². The molecule has 2 N–H and O–H groups in total. The summed E-state index contributed by atoms with van der Waals surface area (Å²) in [7, 11) is 1.85. The average Bonchev–Trinajstić information content (AvgIpc) is 3.33. The minimum absolute atomic E-state index is 0.00900. The highest BCUT2D eigenvalue weighted by molar-refractivity contribution is 5.99. The Hall–Kier alpha value is -3.23. The van der Waals surface area contributed by atoms with Crippen LogP contribution >= 0.6 is 0 Å². The van der Waals surface area contributed by atoms with Crippen LogP contribution in [-0.4, -0.2) is 53.4 Å². The van der Waals surface area contributed by atoms with Crippen LogP contribution in [0.4, 0.5) is 5.95 Å². The fourth-order valence-electron chi connectivity index (χ4n) is 3.69. The van der Waals surface area contributed by atoms with Gasteiger partial charge in [-0.05, 0) is 25.8 Å². The maximum atomic E-state index is 13.4. The van der Waals surface area contributed by atoms with Crippen molar-refractivity contribution in [1.82, 2.24) is 34.4 Å². The van der Waals surface area contributed by atoms with E-state index in [4.69, 9.17) is 5.73 Å². The highest BCUT2D eigenvalue weighted by Crippen LogP contribution is 2.29. The number of amides is 1. The smallest absolute Gasteiger partial charge is 0.257 e. The second kappa shape index (κ2) is 7.41. The number of anilines is 1. The number of nitrogens with zero attached hydrogens (tertiary/aromatic N) is 7. The molecular formula is C19H24N8O. The highest BCUT2D eigenvalue weighted by atomic mass is 16.2. The van der Waals surface area contributed by atoms with Gasteiger partial charge in [0.15, 0.2) is 0 Å². The molecule has 28 heavy (non-hydrogen) atoms. The second-order valence-electron chi connectivity index (χ2n) is 7.08. The van der Waals surface area contributed by atoms with Crippen LogP contribution in [0.25, 0.3) is 11.3 Å². The van der Waals surface area contributed by atoms with Crippen LogP contribution in [-0.2, 0) is 13.6 Å². The number of nitrogen functional groups attached to an aromatic ring is 1. The van der Waals surface area contributed by atoms with Crippen LogP contribution in [0.5, 0.6) is 0 Å². The number of hydrogen-bond donors (Lipinski definition) is 1. The van der Waals surface area contributed by atoms with Crippen LogP contribution in [0.1, 0.15) is 41.7 Å². The monoisotopic (exact) mass is 380 g/mol. The number of piperidine rings is 1. The van der Waals surface area contributed by atoms with Gasteiger partial charge in [0.2, 0.25) is 5.95 Å². The quantitative estimate of drug-likeness (QED) is 0.738. The standard InChI is InChI=1S/C19H24N8O/c1-3-27-12-15(17(24-27)14-9-22-25(2)10-14)18(28)26-8-4-5-13(11-26)16-6-7-21-19(20)23-16/h6-7,9-10,12-13H,3-5,8,11H2,1-2H3,(H2,20,21,23). The van der Waals surface area contributed by atoms with Crippen molar-refractivity contribution in [3.8, 4) is 11.3 Å². The Labute approximate surface area is 163 Å². The van der Waals surface area contributed by atoms with Crippen molar-refractivity contribution in [2.45, 2.75) is 32.2 Å². The third kappa shape index (κ3) is 3.47. The zero-order valence-corrected chi connectivity index (χ0v) is 16.1. The largest absolute Gasteiger partial charge is 0.368 e.